The lowest BCUT2D eigenvalue weighted by atomic mass is 9.99. The zero-order chi connectivity index (χ0) is 39.8. The third-order valence-electron chi connectivity index (χ3n) is 8.92. The number of likely N-dealkylation sites (tertiary alicyclic amines) is 1. The lowest BCUT2D eigenvalue weighted by Gasteiger charge is -2.41. The van der Waals surface area contributed by atoms with Gasteiger partial charge in [-0.3, -0.25) is 9.80 Å². The van der Waals surface area contributed by atoms with E-state index < -0.39 is 40.3 Å². The SMILES string of the molecule is CC(C)(O)CN(Cc1cccc(C(F)(F)F)c1)C1CCN(C(=O)OC(C)(C)C)CC1.CC(C)(O)CN(Cc1cccc(C(F)(F)F)c1)C1CCNCC1. The van der Waals surface area contributed by atoms with Gasteiger partial charge in [0.1, 0.15) is 5.60 Å². The van der Waals surface area contributed by atoms with E-state index in [1.807, 2.05) is 25.7 Å². The van der Waals surface area contributed by atoms with Crippen LogP contribution in [0.15, 0.2) is 48.5 Å². The lowest BCUT2D eigenvalue weighted by Crippen LogP contribution is -2.50. The maximum absolute atomic E-state index is 13.1. The number of alkyl halides is 6. The molecule has 1 amide bonds. The van der Waals surface area contributed by atoms with E-state index in [-0.39, 0.29) is 18.2 Å². The van der Waals surface area contributed by atoms with Crippen molar-refractivity contribution in [2.45, 2.75) is 128 Å². The van der Waals surface area contributed by atoms with Crippen LogP contribution in [0.2, 0.25) is 0 Å². The fourth-order valence-corrected chi connectivity index (χ4v) is 6.70. The first-order valence-electron chi connectivity index (χ1n) is 18.2. The van der Waals surface area contributed by atoms with Crippen LogP contribution in [0, 0.1) is 0 Å². The summed E-state index contributed by atoms with van der Waals surface area (Å²) in [5, 5.41) is 23.8. The third-order valence-corrected chi connectivity index (χ3v) is 8.92. The van der Waals surface area contributed by atoms with E-state index in [0.29, 0.717) is 63.2 Å². The van der Waals surface area contributed by atoms with Crippen LogP contribution in [0.25, 0.3) is 0 Å². The van der Waals surface area contributed by atoms with Crippen LogP contribution in [-0.2, 0) is 30.2 Å². The van der Waals surface area contributed by atoms with Crippen molar-refractivity contribution in [2.24, 2.45) is 0 Å². The van der Waals surface area contributed by atoms with Crippen LogP contribution in [0.3, 0.4) is 0 Å². The molecule has 4 rings (SSSR count). The highest BCUT2D eigenvalue weighted by molar-refractivity contribution is 5.68. The Bertz CT molecular complexity index is 1440. The van der Waals surface area contributed by atoms with Gasteiger partial charge in [-0.05, 0) is 110 Å². The molecule has 0 radical (unpaired) electrons. The molecule has 0 unspecified atom stereocenters. The molecule has 300 valence electrons. The second kappa shape index (κ2) is 18.1. The second-order valence-electron chi connectivity index (χ2n) is 16.5. The number of benzene rings is 2. The number of rotatable bonds is 10. The highest BCUT2D eigenvalue weighted by Gasteiger charge is 2.34. The number of hydrogen-bond acceptors (Lipinski definition) is 7. The number of amides is 1. The number of nitrogens with one attached hydrogen (secondary N) is 1. The van der Waals surface area contributed by atoms with Crippen molar-refractivity contribution in [3.05, 3.63) is 70.8 Å². The van der Waals surface area contributed by atoms with Gasteiger partial charge >= 0.3 is 18.4 Å². The van der Waals surface area contributed by atoms with Gasteiger partial charge in [0.2, 0.25) is 0 Å². The quantitative estimate of drug-likeness (QED) is 0.214. The molecule has 14 heteroatoms. The summed E-state index contributed by atoms with van der Waals surface area (Å²) in [4.78, 5) is 18.1. The fraction of sp³-hybridized carbons (Fsp3) is 0.667. The summed E-state index contributed by atoms with van der Waals surface area (Å²) >= 11 is 0. The minimum atomic E-state index is -4.39. The van der Waals surface area contributed by atoms with Gasteiger partial charge < -0.3 is 25.2 Å². The maximum Gasteiger partial charge on any atom is 0.416 e. The molecule has 2 heterocycles. The number of halogens is 6. The average molecular weight is 761 g/mol. The van der Waals surface area contributed by atoms with E-state index in [1.54, 1.807) is 44.7 Å². The lowest BCUT2D eigenvalue weighted by molar-refractivity contribution is -0.138. The fourth-order valence-electron chi connectivity index (χ4n) is 6.70. The topological polar surface area (TPSA) is 88.5 Å². The molecule has 2 aliphatic rings. The van der Waals surface area contributed by atoms with Crippen molar-refractivity contribution in [3.8, 4) is 0 Å². The molecule has 0 spiro atoms. The molecule has 0 atom stereocenters. The first kappa shape index (κ1) is 44.5. The zero-order valence-electron chi connectivity index (χ0n) is 32.1. The minimum absolute atomic E-state index is 0.0460. The summed E-state index contributed by atoms with van der Waals surface area (Å²) in [6.07, 6.45) is -5.87. The molecule has 3 N–H and O–H groups in total. The number of piperidine rings is 2. The van der Waals surface area contributed by atoms with Crippen molar-refractivity contribution >= 4 is 6.09 Å². The Hall–Kier alpha value is -2.91. The van der Waals surface area contributed by atoms with Crippen LogP contribution < -0.4 is 5.32 Å². The molecule has 2 saturated heterocycles. The van der Waals surface area contributed by atoms with Crippen molar-refractivity contribution in [3.63, 3.8) is 0 Å². The van der Waals surface area contributed by atoms with Crippen LogP contribution in [0.5, 0.6) is 0 Å². The third kappa shape index (κ3) is 16.2. The van der Waals surface area contributed by atoms with Crippen LogP contribution in [0.4, 0.5) is 31.1 Å². The predicted molar refractivity (Wildman–Crippen MR) is 193 cm³/mol. The van der Waals surface area contributed by atoms with E-state index in [9.17, 15) is 41.4 Å². The second-order valence-corrected chi connectivity index (χ2v) is 16.5. The number of ether oxygens (including phenoxy) is 1. The molecule has 0 aliphatic carbocycles. The van der Waals surface area contributed by atoms with E-state index in [1.165, 1.54) is 18.2 Å². The van der Waals surface area contributed by atoms with Crippen molar-refractivity contribution in [1.82, 2.24) is 20.0 Å². The molecule has 2 aromatic rings. The standard InChI is InChI=1S/C22H33F3N2O3.C17H25F3N2O/c1-20(2,3)30-19(28)26-11-9-18(10-12-26)27(15-21(4,5)29)14-16-7-6-8-17(13-16)22(23,24)25;1-16(2,23)12-22(15-6-8-21-9-7-15)11-13-4-3-5-14(10-13)17(18,19)20/h6-8,13,18,29H,9-12,14-15H2,1-5H3;3-5,10,15,21,23H,6-9,11-12H2,1-2H3. The molecule has 2 aliphatic heterocycles. The number of carbonyl (C=O) groups is 1. The van der Waals surface area contributed by atoms with E-state index >= 15 is 0 Å². The number of aliphatic hydroxyl groups is 2. The van der Waals surface area contributed by atoms with Gasteiger partial charge in [-0.1, -0.05) is 36.4 Å². The molecular weight excluding hydrogens is 702 g/mol. The summed E-state index contributed by atoms with van der Waals surface area (Å²) in [6.45, 7) is 16.6. The number of carbonyl (C=O) groups excluding carboxylic acids is 1. The summed E-state index contributed by atoms with van der Waals surface area (Å²) in [7, 11) is 0. The highest BCUT2D eigenvalue weighted by Crippen LogP contribution is 2.32. The van der Waals surface area contributed by atoms with Gasteiger partial charge in [0.25, 0.3) is 0 Å². The highest BCUT2D eigenvalue weighted by atomic mass is 19.4. The van der Waals surface area contributed by atoms with Gasteiger partial charge in [0.05, 0.1) is 22.3 Å². The molecular formula is C39H58F6N4O4. The van der Waals surface area contributed by atoms with E-state index in [2.05, 4.69) is 10.2 Å². The molecule has 2 aromatic carbocycles. The summed E-state index contributed by atoms with van der Waals surface area (Å²) in [6, 6.07) is 11.1. The van der Waals surface area contributed by atoms with Crippen LogP contribution >= 0.6 is 0 Å². The Morgan fingerprint density at radius 1 is 0.717 bits per heavy atom. The van der Waals surface area contributed by atoms with Gasteiger partial charge in [-0.25, -0.2) is 4.79 Å². The molecule has 53 heavy (non-hydrogen) atoms. The summed E-state index contributed by atoms with van der Waals surface area (Å²) in [5.74, 6) is 0. The Morgan fingerprint density at radius 2 is 1.11 bits per heavy atom. The predicted octanol–water partition coefficient (Wildman–Crippen LogP) is 7.71. The first-order chi connectivity index (χ1) is 24.3. The Morgan fingerprint density at radius 3 is 1.47 bits per heavy atom. The Kier molecular flexibility index (Phi) is 15.2. The van der Waals surface area contributed by atoms with Crippen LogP contribution in [0.1, 0.15) is 96.4 Å². The van der Waals surface area contributed by atoms with Crippen LogP contribution in [-0.4, -0.2) is 99.2 Å². The van der Waals surface area contributed by atoms with Crippen molar-refractivity contribution in [2.75, 3.05) is 39.3 Å². The molecule has 0 saturated carbocycles. The smallest absolute Gasteiger partial charge is 0.416 e. The Balaban J connectivity index is 0.000000295. The van der Waals surface area contributed by atoms with E-state index in [0.717, 1.165) is 44.1 Å². The largest absolute Gasteiger partial charge is 0.444 e. The van der Waals surface area contributed by atoms with Crippen molar-refractivity contribution in [1.29, 1.82) is 0 Å². The first-order valence-corrected chi connectivity index (χ1v) is 18.2. The van der Waals surface area contributed by atoms with Crippen molar-refractivity contribution < 1.29 is 46.1 Å². The van der Waals surface area contributed by atoms with Gasteiger partial charge in [0.15, 0.2) is 0 Å². The Labute approximate surface area is 310 Å². The molecule has 0 aromatic heterocycles. The monoisotopic (exact) mass is 760 g/mol. The van der Waals surface area contributed by atoms with E-state index in [4.69, 9.17) is 4.74 Å². The zero-order valence-corrected chi connectivity index (χ0v) is 32.1. The van der Waals surface area contributed by atoms with Gasteiger partial charge in [-0.2, -0.15) is 26.3 Å². The number of hydrogen-bond donors (Lipinski definition) is 3. The molecule has 2 fully saturated rings. The molecule has 0 bridgehead atoms. The molecule has 8 nitrogen and oxygen atoms in total. The normalized spacial score (nSPS) is 17.2. The summed E-state index contributed by atoms with van der Waals surface area (Å²) in [5.41, 5.74) is -2.57. The van der Waals surface area contributed by atoms with Gasteiger partial charge in [-0.15, -0.1) is 0 Å². The maximum atomic E-state index is 13.1. The number of nitrogens with zero attached hydrogens (tertiary/aromatic N) is 3. The van der Waals surface area contributed by atoms with Gasteiger partial charge in [0, 0.05) is 51.4 Å². The minimum Gasteiger partial charge on any atom is -0.444 e. The average Bonchev–Trinajstić information content (AvgIpc) is 3.02. The summed E-state index contributed by atoms with van der Waals surface area (Å²) < 4.78 is 83.2.